The molecule has 0 radical (unpaired) electrons. The highest BCUT2D eigenvalue weighted by atomic mass is 35.5. The lowest BCUT2D eigenvalue weighted by Gasteiger charge is -2.08. The van der Waals surface area contributed by atoms with E-state index in [1.165, 1.54) is 36.0 Å². The maximum Gasteiger partial charge on any atom is 0.172 e. The molecule has 0 saturated heterocycles. The molecule has 1 heterocycles. The van der Waals surface area contributed by atoms with Crippen LogP contribution >= 0.6 is 23.4 Å². The van der Waals surface area contributed by atoms with Gasteiger partial charge in [-0.1, -0.05) is 29.4 Å². The predicted octanol–water partition coefficient (Wildman–Crippen LogP) is 5.10. The molecule has 0 atom stereocenters. The monoisotopic (exact) mass is 336 g/mol. The molecule has 112 valence electrons. The van der Waals surface area contributed by atoms with Gasteiger partial charge < -0.3 is 0 Å². The minimum atomic E-state index is -0.355. The average Bonchev–Trinajstić information content (AvgIpc) is 2.95. The normalized spacial score (nSPS) is 10.9. The number of halogens is 3. The summed E-state index contributed by atoms with van der Waals surface area (Å²) in [5, 5.41) is 1.15. The van der Waals surface area contributed by atoms with E-state index in [1.54, 1.807) is 24.4 Å². The number of imidazole rings is 1. The third-order valence-corrected chi connectivity index (χ3v) is 4.45. The average molecular weight is 337 g/mol. The predicted molar refractivity (Wildman–Crippen MR) is 84.5 cm³/mol. The molecule has 0 N–H and O–H groups in total. The summed E-state index contributed by atoms with van der Waals surface area (Å²) >= 11 is 7.50. The second kappa shape index (κ2) is 6.50. The van der Waals surface area contributed by atoms with Crippen molar-refractivity contribution >= 4 is 23.4 Å². The molecule has 0 spiro atoms. The Morgan fingerprint density at radius 1 is 1.05 bits per heavy atom. The Hall–Kier alpha value is -1.85. The summed E-state index contributed by atoms with van der Waals surface area (Å²) in [5.74, 6) is -0.0696. The Morgan fingerprint density at radius 2 is 1.77 bits per heavy atom. The fraction of sp³-hybridized carbons (Fsp3) is 0.0625. The number of benzene rings is 2. The van der Waals surface area contributed by atoms with Crippen LogP contribution < -0.4 is 0 Å². The number of hydrogen-bond acceptors (Lipinski definition) is 2. The van der Waals surface area contributed by atoms with Gasteiger partial charge >= 0.3 is 0 Å². The van der Waals surface area contributed by atoms with Gasteiger partial charge in [0.2, 0.25) is 0 Å². The van der Waals surface area contributed by atoms with Gasteiger partial charge in [-0.3, -0.25) is 4.57 Å². The first-order chi connectivity index (χ1) is 10.6. The second-order valence-corrected chi connectivity index (χ2v) is 5.93. The zero-order valence-electron chi connectivity index (χ0n) is 11.3. The Morgan fingerprint density at radius 3 is 2.50 bits per heavy atom. The summed E-state index contributed by atoms with van der Waals surface area (Å²) in [6, 6.07) is 10.5. The van der Waals surface area contributed by atoms with Crippen molar-refractivity contribution in [3.8, 4) is 5.69 Å². The van der Waals surface area contributed by atoms with Gasteiger partial charge in [-0.15, -0.1) is 0 Å². The van der Waals surface area contributed by atoms with Gasteiger partial charge in [0.05, 0.1) is 0 Å². The zero-order chi connectivity index (χ0) is 15.5. The molecule has 0 aliphatic carbocycles. The molecular formula is C16H11ClF2N2S. The highest BCUT2D eigenvalue weighted by molar-refractivity contribution is 7.98. The lowest BCUT2D eigenvalue weighted by Crippen LogP contribution is -1.95. The van der Waals surface area contributed by atoms with Gasteiger partial charge in [0.25, 0.3) is 0 Å². The standard InChI is InChI=1S/C16H11ClF2N2S/c17-15-9-13(19)2-1-11(15)10-22-16-20-7-8-21(16)14-5-3-12(18)4-6-14/h1-9H,10H2. The van der Waals surface area contributed by atoms with E-state index in [2.05, 4.69) is 4.98 Å². The third kappa shape index (κ3) is 3.31. The van der Waals surface area contributed by atoms with Gasteiger partial charge in [0.1, 0.15) is 11.6 Å². The van der Waals surface area contributed by atoms with Crippen molar-refractivity contribution in [2.75, 3.05) is 0 Å². The van der Waals surface area contributed by atoms with Gasteiger partial charge in [-0.05, 0) is 42.0 Å². The van der Waals surface area contributed by atoms with E-state index in [1.807, 2.05) is 10.8 Å². The van der Waals surface area contributed by atoms with E-state index >= 15 is 0 Å². The molecule has 0 saturated carbocycles. The lowest BCUT2D eigenvalue weighted by molar-refractivity contribution is 0.626. The first-order valence-electron chi connectivity index (χ1n) is 6.49. The SMILES string of the molecule is Fc1ccc(-n2ccnc2SCc2ccc(F)cc2Cl)cc1. The number of rotatable bonds is 4. The van der Waals surface area contributed by atoms with Crippen LogP contribution in [0.2, 0.25) is 5.02 Å². The summed E-state index contributed by atoms with van der Waals surface area (Å²) in [5.41, 5.74) is 1.66. The molecule has 6 heteroatoms. The molecule has 22 heavy (non-hydrogen) atoms. The molecule has 0 aliphatic rings. The quantitative estimate of drug-likeness (QED) is 0.617. The van der Waals surface area contributed by atoms with Crippen LogP contribution in [0.3, 0.4) is 0 Å². The fourth-order valence-corrected chi connectivity index (χ4v) is 3.27. The van der Waals surface area contributed by atoms with E-state index in [-0.39, 0.29) is 11.6 Å². The van der Waals surface area contributed by atoms with Crippen molar-refractivity contribution < 1.29 is 8.78 Å². The Kier molecular flexibility index (Phi) is 4.45. The summed E-state index contributed by atoms with van der Waals surface area (Å²) in [4.78, 5) is 4.29. The molecule has 3 rings (SSSR count). The van der Waals surface area contributed by atoms with Crippen LogP contribution in [0.15, 0.2) is 60.0 Å². The maximum atomic E-state index is 13.0. The van der Waals surface area contributed by atoms with Crippen LogP contribution in [-0.4, -0.2) is 9.55 Å². The lowest BCUT2D eigenvalue weighted by atomic mass is 10.2. The molecule has 0 aliphatic heterocycles. The van der Waals surface area contributed by atoms with E-state index in [4.69, 9.17) is 11.6 Å². The third-order valence-electron chi connectivity index (χ3n) is 3.08. The van der Waals surface area contributed by atoms with Crippen LogP contribution in [-0.2, 0) is 5.75 Å². The van der Waals surface area contributed by atoms with Crippen LogP contribution in [0.25, 0.3) is 5.69 Å². The Labute approximate surface area is 135 Å². The van der Waals surface area contributed by atoms with Crippen LogP contribution in [0.1, 0.15) is 5.56 Å². The maximum absolute atomic E-state index is 13.0. The molecule has 1 aromatic heterocycles. The van der Waals surface area contributed by atoms with Gasteiger partial charge in [0.15, 0.2) is 5.16 Å². The molecule has 0 bridgehead atoms. The highest BCUT2D eigenvalue weighted by Crippen LogP contribution is 2.27. The van der Waals surface area contributed by atoms with Gasteiger partial charge in [-0.2, -0.15) is 0 Å². The van der Waals surface area contributed by atoms with E-state index in [0.29, 0.717) is 10.8 Å². The highest BCUT2D eigenvalue weighted by Gasteiger charge is 2.08. The number of aromatic nitrogens is 2. The molecule has 2 aromatic carbocycles. The molecule has 3 aromatic rings. The number of thioether (sulfide) groups is 1. The van der Waals surface area contributed by atoms with Crippen molar-refractivity contribution in [3.63, 3.8) is 0 Å². The zero-order valence-corrected chi connectivity index (χ0v) is 12.9. The smallest absolute Gasteiger partial charge is 0.172 e. The van der Waals surface area contributed by atoms with Gasteiger partial charge in [0, 0.05) is 28.9 Å². The van der Waals surface area contributed by atoms with Crippen molar-refractivity contribution in [2.24, 2.45) is 0 Å². The molecular weight excluding hydrogens is 326 g/mol. The Balaban J connectivity index is 1.79. The molecule has 0 fully saturated rings. The molecule has 0 unspecified atom stereocenters. The van der Waals surface area contributed by atoms with Crippen molar-refractivity contribution in [2.45, 2.75) is 10.9 Å². The summed E-state index contributed by atoms with van der Waals surface area (Å²) in [7, 11) is 0. The van der Waals surface area contributed by atoms with E-state index in [0.717, 1.165) is 16.4 Å². The largest absolute Gasteiger partial charge is 0.295 e. The fourth-order valence-electron chi connectivity index (χ4n) is 1.98. The number of nitrogens with zero attached hydrogens (tertiary/aromatic N) is 2. The van der Waals surface area contributed by atoms with E-state index < -0.39 is 0 Å². The summed E-state index contributed by atoms with van der Waals surface area (Å²) < 4.78 is 27.9. The van der Waals surface area contributed by atoms with Crippen LogP contribution in [0.5, 0.6) is 0 Å². The minimum Gasteiger partial charge on any atom is -0.295 e. The molecule has 2 nitrogen and oxygen atoms in total. The molecule has 0 amide bonds. The topological polar surface area (TPSA) is 17.8 Å². The van der Waals surface area contributed by atoms with E-state index in [9.17, 15) is 8.78 Å². The van der Waals surface area contributed by atoms with Crippen LogP contribution in [0.4, 0.5) is 8.78 Å². The first kappa shape index (κ1) is 15.1. The van der Waals surface area contributed by atoms with Crippen molar-refractivity contribution in [3.05, 3.63) is 77.1 Å². The van der Waals surface area contributed by atoms with Crippen LogP contribution in [0, 0.1) is 11.6 Å². The minimum absolute atomic E-state index is 0.281. The first-order valence-corrected chi connectivity index (χ1v) is 7.86. The second-order valence-electron chi connectivity index (χ2n) is 4.58. The summed E-state index contributed by atoms with van der Waals surface area (Å²) in [6.07, 6.45) is 3.49. The van der Waals surface area contributed by atoms with Gasteiger partial charge in [-0.25, -0.2) is 13.8 Å². The van der Waals surface area contributed by atoms with Crippen molar-refractivity contribution in [1.82, 2.24) is 9.55 Å². The van der Waals surface area contributed by atoms with Crippen molar-refractivity contribution in [1.29, 1.82) is 0 Å². The summed E-state index contributed by atoms with van der Waals surface area (Å²) in [6.45, 7) is 0. The Bertz CT molecular complexity index is 787. The number of hydrogen-bond donors (Lipinski definition) is 0.